The van der Waals surface area contributed by atoms with Crippen LogP contribution < -0.4 is 38.4 Å². The Morgan fingerprint density at radius 2 is 1.01 bits per heavy atom. The number of halogens is 8. The summed E-state index contributed by atoms with van der Waals surface area (Å²) in [7, 11) is 0. The van der Waals surface area contributed by atoms with E-state index in [1.165, 1.54) is 33.4 Å². The lowest BCUT2D eigenvalue weighted by molar-refractivity contribution is -0.137. The van der Waals surface area contributed by atoms with Gasteiger partial charge in [-0.05, 0) is 90.1 Å². The van der Waals surface area contributed by atoms with Gasteiger partial charge >= 0.3 is 23.7 Å². The first-order valence-corrected chi connectivity index (χ1v) is 33.8. The molecule has 12 rings (SSSR count). The number of nitrogen functional groups attached to an aromatic ring is 2. The second-order valence-corrected chi connectivity index (χ2v) is 27.4. The van der Waals surface area contributed by atoms with Gasteiger partial charge < -0.3 is 46.3 Å². The number of alkyl halides is 6. The van der Waals surface area contributed by atoms with Crippen molar-refractivity contribution in [1.29, 1.82) is 0 Å². The Kier molecular flexibility index (Phi) is 20.1. The van der Waals surface area contributed by atoms with Gasteiger partial charge in [-0.25, -0.2) is 28.3 Å². The molecule has 3 amide bonds. The number of aromatic nitrogens is 6. The predicted molar refractivity (Wildman–Crippen MR) is 356 cm³/mol. The number of ether oxygens (including phenoxy) is 2. The number of benzene rings is 4. The molecule has 8 heterocycles. The number of carbonyl (C=O) groups excluding carboxylic acids is 3. The third kappa shape index (κ3) is 13.4. The molecule has 5 unspecified atom stereocenters. The topological polar surface area (TPSA) is 256 Å². The van der Waals surface area contributed by atoms with E-state index in [0.29, 0.717) is 0 Å². The maximum Gasteiger partial charge on any atom is 0.417 e. The lowest BCUT2D eigenvalue weighted by atomic mass is 9.95. The average molecular weight is 1400 g/mol. The Balaban J connectivity index is 0.000000202. The maximum atomic E-state index is 15.2. The highest BCUT2D eigenvalue weighted by Crippen LogP contribution is 2.53. The highest BCUT2D eigenvalue weighted by Gasteiger charge is 2.43. The first kappa shape index (κ1) is 69.9. The standard InChI is InChI=1S/C31H32F4N6O3S2.C30H29F4N7O4S2.C2H6/c1-6-22(42)41-15(4)10-39(11-16(41)5)28-19-9-20(31(33,34)35)23(18-7-8-21(32)26-24(18)37-29(36)46-26)27-25(19)40(30(43)38-28)12-17(13-45-27)44-14(2)3;1-4-21(43)41-13(2)8-39(9-14(41)3)27-17-7-18(30(32,33)34)22(16-5-6-19(31)25-23(16)37-28(36)47-25)26-24(17)40(29(44)38-27)10-15(12-46-26)45-11-20(35)42;1-2/h6-9,14-17H,1,10-13H2,2-5H3,(H2,36,37);4-7,13-15H,1,8-12H2,2-3H3,(H2,35,42)(H2,36,37);1-2H3/t15-,16?,17?;;/m0../s1. The lowest BCUT2D eigenvalue weighted by Gasteiger charge is -2.44. The van der Waals surface area contributed by atoms with Crippen molar-refractivity contribution in [1.82, 2.24) is 38.9 Å². The van der Waals surface area contributed by atoms with Crippen molar-refractivity contribution >= 4 is 128 Å². The van der Waals surface area contributed by atoms with Gasteiger partial charge in [0.1, 0.15) is 29.9 Å². The molecule has 0 bridgehead atoms. The third-order valence-corrected chi connectivity index (χ3v) is 20.6. The molecule has 4 aliphatic rings. The predicted octanol–water partition coefficient (Wildman–Crippen LogP) is 11.0. The first-order chi connectivity index (χ1) is 44.9. The van der Waals surface area contributed by atoms with Crippen LogP contribution in [0.3, 0.4) is 0 Å². The molecule has 506 valence electrons. The number of rotatable bonds is 11. The molecule has 8 aromatic rings. The second kappa shape index (κ2) is 27.3. The number of fused-ring (bicyclic) bond motifs is 2. The Bertz CT molecular complexity index is 4500. The van der Waals surface area contributed by atoms with E-state index in [9.17, 15) is 32.8 Å². The third-order valence-electron chi connectivity index (χ3n) is 16.4. The molecule has 95 heavy (non-hydrogen) atoms. The van der Waals surface area contributed by atoms with E-state index < -0.39 is 71.2 Å². The number of thioether (sulfide) groups is 2. The van der Waals surface area contributed by atoms with Gasteiger partial charge in [0.15, 0.2) is 10.3 Å². The van der Waals surface area contributed by atoms with Crippen LogP contribution in [0.5, 0.6) is 0 Å². The van der Waals surface area contributed by atoms with Gasteiger partial charge in [-0.2, -0.15) is 36.3 Å². The minimum atomic E-state index is -4.91. The van der Waals surface area contributed by atoms with Crippen molar-refractivity contribution in [2.24, 2.45) is 5.73 Å². The van der Waals surface area contributed by atoms with Crippen LogP contribution >= 0.6 is 46.2 Å². The fourth-order valence-corrected chi connectivity index (χ4v) is 17.0. The number of primary amides is 1. The number of hydrogen-bond donors (Lipinski definition) is 3. The number of carbonyl (C=O) groups is 3. The summed E-state index contributed by atoms with van der Waals surface area (Å²) in [5.41, 5.74) is 13.6. The number of nitrogens with two attached hydrogens (primary N) is 3. The molecule has 20 nitrogen and oxygen atoms in total. The van der Waals surface area contributed by atoms with Crippen LogP contribution in [0.15, 0.2) is 81.1 Å². The van der Waals surface area contributed by atoms with E-state index in [2.05, 4.69) is 33.1 Å². The highest BCUT2D eigenvalue weighted by molar-refractivity contribution is 8.00. The van der Waals surface area contributed by atoms with E-state index in [1.807, 2.05) is 41.5 Å². The van der Waals surface area contributed by atoms with Crippen molar-refractivity contribution in [3.8, 4) is 22.3 Å². The smallest absolute Gasteiger partial charge is 0.375 e. The van der Waals surface area contributed by atoms with Gasteiger partial charge in [0.05, 0.1) is 74.0 Å². The van der Waals surface area contributed by atoms with Crippen molar-refractivity contribution in [2.75, 3.05) is 65.6 Å². The van der Waals surface area contributed by atoms with Gasteiger partial charge in [0.2, 0.25) is 17.7 Å². The molecule has 0 spiro atoms. The van der Waals surface area contributed by atoms with Gasteiger partial charge in [0, 0.05) is 105 Å². The number of thiazole rings is 2. The molecular weight excluding hydrogens is 1330 g/mol. The second-order valence-electron chi connectivity index (χ2n) is 23.3. The fourth-order valence-electron chi connectivity index (χ4n) is 13.0. The van der Waals surface area contributed by atoms with Crippen molar-refractivity contribution < 1.29 is 59.0 Å². The Hall–Kier alpha value is -7.91. The zero-order valence-corrected chi connectivity index (χ0v) is 55.9. The summed E-state index contributed by atoms with van der Waals surface area (Å²) in [5.74, 6) is -2.21. The number of amides is 3. The van der Waals surface area contributed by atoms with Gasteiger partial charge in [0.25, 0.3) is 0 Å². The maximum absolute atomic E-state index is 15.2. The van der Waals surface area contributed by atoms with Gasteiger partial charge in [-0.1, -0.05) is 49.7 Å². The van der Waals surface area contributed by atoms with Gasteiger partial charge in [-0.15, -0.1) is 23.5 Å². The summed E-state index contributed by atoms with van der Waals surface area (Å²) in [6.07, 6.45) is -8.85. The zero-order valence-electron chi connectivity index (χ0n) is 52.7. The summed E-state index contributed by atoms with van der Waals surface area (Å²) < 4.78 is 135. The highest BCUT2D eigenvalue weighted by atomic mass is 32.2. The van der Waals surface area contributed by atoms with Crippen LogP contribution in [0.25, 0.3) is 64.5 Å². The molecular formula is C63H67F8N13O7S4. The fraction of sp³-hybridized carbons (Fsp3) is 0.413. The Labute approximate surface area is 555 Å². The van der Waals surface area contributed by atoms with E-state index in [0.717, 1.165) is 70.5 Å². The van der Waals surface area contributed by atoms with Crippen LogP contribution in [0.1, 0.15) is 66.5 Å². The van der Waals surface area contributed by atoms with Crippen molar-refractivity contribution in [3.05, 3.63) is 105 Å². The van der Waals surface area contributed by atoms with Crippen LogP contribution in [-0.2, 0) is 49.3 Å². The molecule has 2 saturated heterocycles. The molecule has 4 aromatic carbocycles. The minimum absolute atomic E-state index is 0.00978. The van der Waals surface area contributed by atoms with Crippen molar-refractivity contribution in [2.45, 2.75) is 133 Å². The van der Waals surface area contributed by atoms with Crippen molar-refractivity contribution in [3.63, 3.8) is 0 Å². The van der Waals surface area contributed by atoms with E-state index >= 15 is 26.3 Å². The molecule has 0 saturated carbocycles. The Morgan fingerprint density at radius 1 is 0.632 bits per heavy atom. The zero-order chi connectivity index (χ0) is 69.2. The summed E-state index contributed by atoms with van der Waals surface area (Å²) in [6.45, 7) is 22.4. The van der Waals surface area contributed by atoms with Crippen LogP contribution in [0.4, 0.5) is 57.0 Å². The van der Waals surface area contributed by atoms with E-state index in [-0.39, 0.29) is 189 Å². The monoisotopic (exact) mass is 1400 g/mol. The van der Waals surface area contributed by atoms with E-state index in [4.69, 9.17) is 26.7 Å². The first-order valence-electron chi connectivity index (χ1n) is 30.2. The molecule has 0 aliphatic carbocycles. The molecule has 6 N–H and O–H groups in total. The lowest BCUT2D eigenvalue weighted by Crippen LogP contribution is -2.58. The molecule has 0 radical (unpaired) electrons. The van der Waals surface area contributed by atoms with Crippen LogP contribution in [0.2, 0.25) is 0 Å². The molecule has 32 heteroatoms. The number of nitrogens with zero attached hydrogens (tertiary/aromatic N) is 10. The summed E-state index contributed by atoms with van der Waals surface area (Å²) in [5, 5.41) is 0.181. The molecule has 4 aromatic heterocycles. The number of piperazine rings is 2. The van der Waals surface area contributed by atoms with E-state index in [1.54, 1.807) is 33.4 Å². The number of hydrogen-bond acceptors (Lipinski definition) is 19. The van der Waals surface area contributed by atoms with Crippen LogP contribution in [0, 0.1) is 11.6 Å². The molecule has 4 aliphatic heterocycles. The van der Waals surface area contributed by atoms with Gasteiger partial charge in [-0.3, -0.25) is 23.5 Å². The largest absolute Gasteiger partial charge is 0.417 e. The normalized spacial score (nSPS) is 19.9. The quantitative estimate of drug-likeness (QED) is 0.0803. The summed E-state index contributed by atoms with van der Waals surface area (Å²) >= 11 is 3.82. The SMILES string of the molecule is C=CC(=O)N1C(C)CN(c2nc(=O)n3c4c(c(-c5ccc(F)c6sc(N)nc56)c(C(F)(F)F)cc24)SCC(OC(C)C)C3)C[C@@H]1C.C=CC(=O)N1C(C)CN(c2nc(=O)n3c4c(c(-c5ccc(F)c6sc(N)nc56)c(C(F)(F)F)cc24)SCC(OCC(N)=O)C3)CC1C.CC. The molecule has 6 atom stereocenters. The summed E-state index contributed by atoms with van der Waals surface area (Å²) in [4.78, 5) is 88.4. The molecule has 2 fully saturated rings. The number of anilines is 4. The minimum Gasteiger partial charge on any atom is -0.375 e. The Morgan fingerprint density at radius 3 is 1.37 bits per heavy atom. The average Bonchev–Trinajstić information content (AvgIpc) is 1.71. The van der Waals surface area contributed by atoms with Crippen LogP contribution in [-0.4, -0.2) is 143 Å². The summed E-state index contributed by atoms with van der Waals surface area (Å²) in [6, 6.07) is 5.20.